The second-order valence-corrected chi connectivity index (χ2v) is 6.93. The number of carbonyl (C=O) groups is 1. The highest BCUT2D eigenvalue weighted by molar-refractivity contribution is 6.31. The Balaban J connectivity index is 2.39. The number of nitrogens with one attached hydrogen (secondary N) is 2. The van der Waals surface area contributed by atoms with Crippen LogP contribution < -0.4 is 15.0 Å². The van der Waals surface area contributed by atoms with Crippen LogP contribution in [0.1, 0.15) is 19.4 Å². The van der Waals surface area contributed by atoms with Gasteiger partial charge in [-0.05, 0) is 30.7 Å². The predicted octanol–water partition coefficient (Wildman–Crippen LogP) is 1.31. The van der Waals surface area contributed by atoms with Crippen molar-refractivity contribution in [3.63, 3.8) is 0 Å². The molecule has 0 atom stereocenters. The van der Waals surface area contributed by atoms with E-state index in [0.29, 0.717) is 17.3 Å². The van der Waals surface area contributed by atoms with Crippen molar-refractivity contribution in [2.75, 3.05) is 33.8 Å². The Kier molecular flexibility index (Phi) is 6.49. The van der Waals surface area contributed by atoms with Crippen LogP contribution in [0.15, 0.2) is 18.2 Å². The zero-order chi connectivity index (χ0) is 16.0. The average molecular weight is 314 g/mol. The van der Waals surface area contributed by atoms with Crippen LogP contribution in [0.3, 0.4) is 0 Å². The molecule has 0 aliphatic rings. The highest BCUT2D eigenvalue weighted by Crippen LogP contribution is 2.20. The Morgan fingerprint density at radius 3 is 2.62 bits per heavy atom. The lowest BCUT2D eigenvalue weighted by atomic mass is 9.93. The molecule has 0 saturated heterocycles. The van der Waals surface area contributed by atoms with Gasteiger partial charge in [0.25, 0.3) is 5.91 Å². The minimum absolute atomic E-state index is 0.0198. The second kappa shape index (κ2) is 7.66. The van der Waals surface area contributed by atoms with E-state index in [-0.39, 0.29) is 17.9 Å². The normalized spacial score (nSPS) is 11.6. The van der Waals surface area contributed by atoms with Crippen LogP contribution in [0, 0.1) is 12.3 Å². The molecule has 1 amide bonds. The van der Waals surface area contributed by atoms with E-state index in [1.807, 2.05) is 13.0 Å². The molecule has 0 radical (unpaired) electrons. The van der Waals surface area contributed by atoms with E-state index in [9.17, 15) is 4.79 Å². The maximum atomic E-state index is 11.8. The van der Waals surface area contributed by atoms with Gasteiger partial charge >= 0.3 is 0 Å². The lowest BCUT2D eigenvalue weighted by molar-refractivity contribution is -0.865. The van der Waals surface area contributed by atoms with E-state index in [1.165, 1.54) is 4.90 Å². The van der Waals surface area contributed by atoms with Crippen LogP contribution in [0.2, 0.25) is 5.02 Å². The first-order valence-corrected chi connectivity index (χ1v) is 7.52. The third kappa shape index (κ3) is 6.82. The van der Waals surface area contributed by atoms with E-state index in [4.69, 9.17) is 16.3 Å². The van der Waals surface area contributed by atoms with Crippen molar-refractivity contribution < 1.29 is 14.4 Å². The number of aryl methyl sites for hydroxylation is 1. The lowest BCUT2D eigenvalue weighted by Crippen LogP contribution is -3.07. The largest absolute Gasteiger partial charge is 0.484 e. The number of halogens is 1. The van der Waals surface area contributed by atoms with Crippen molar-refractivity contribution in [1.29, 1.82) is 0 Å². The molecule has 0 aliphatic carbocycles. The predicted molar refractivity (Wildman–Crippen MR) is 86.2 cm³/mol. The molecule has 0 aromatic heterocycles. The number of carbonyl (C=O) groups excluding carboxylic acids is 1. The van der Waals surface area contributed by atoms with Gasteiger partial charge in [-0.2, -0.15) is 0 Å². The molecule has 1 rings (SSSR count). The van der Waals surface area contributed by atoms with Gasteiger partial charge in [-0.1, -0.05) is 25.4 Å². The smallest absolute Gasteiger partial charge is 0.257 e. The summed E-state index contributed by atoms with van der Waals surface area (Å²) in [6.07, 6.45) is 0. The maximum Gasteiger partial charge on any atom is 0.257 e. The Bertz CT molecular complexity index is 487. The van der Waals surface area contributed by atoms with Gasteiger partial charge in [-0.15, -0.1) is 0 Å². The Morgan fingerprint density at radius 2 is 2.05 bits per heavy atom. The van der Waals surface area contributed by atoms with E-state index in [2.05, 4.69) is 33.3 Å². The third-order valence-electron chi connectivity index (χ3n) is 3.10. The molecule has 1 aromatic carbocycles. The van der Waals surface area contributed by atoms with Gasteiger partial charge in [-0.3, -0.25) is 4.79 Å². The van der Waals surface area contributed by atoms with E-state index < -0.39 is 0 Å². The molecule has 0 spiro atoms. The van der Waals surface area contributed by atoms with Gasteiger partial charge in [0.1, 0.15) is 5.75 Å². The number of quaternary nitrogens is 1. The summed E-state index contributed by atoms with van der Waals surface area (Å²) < 4.78 is 5.47. The zero-order valence-electron chi connectivity index (χ0n) is 13.5. The molecular weight excluding hydrogens is 288 g/mol. The van der Waals surface area contributed by atoms with E-state index >= 15 is 0 Å². The number of amides is 1. The van der Waals surface area contributed by atoms with Crippen molar-refractivity contribution in [2.24, 2.45) is 5.41 Å². The molecule has 0 aliphatic heterocycles. The SMILES string of the molecule is Cc1cc(OCC(=O)NCC(C)(C)C[NH+](C)C)ccc1Cl. The van der Waals surface area contributed by atoms with Crippen molar-refractivity contribution in [1.82, 2.24) is 5.32 Å². The third-order valence-corrected chi connectivity index (χ3v) is 3.52. The van der Waals surface area contributed by atoms with Gasteiger partial charge in [0.2, 0.25) is 0 Å². The molecule has 5 heteroatoms. The number of ether oxygens (including phenoxy) is 1. The summed E-state index contributed by atoms with van der Waals surface area (Å²) in [6, 6.07) is 5.37. The summed E-state index contributed by atoms with van der Waals surface area (Å²) in [5.74, 6) is 0.550. The van der Waals surface area contributed by atoms with Crippen LogP contribution >= 0.6 is 11.6 Å². The highest BCUT2D eigenvalue weighted by atomic mass is 35.5. The van der Waals surface area contributed by atoms with Crippen LogP contribution in [-0.2, 0) is 4.79 Å². The molecule has 0 heterocycles. The van der Waals surface area contributed by atoms with Crippen molar-refractivity contribution in [2.45, 2.75) is 20.8 Å². The first-order chi connectivity index (χ1) is 9.69. The average Bonchev–Trinajstić information content (AvgIpc) is 2.36. The highest BCUT2D eigenvalue weighted by Gasteiger charge is 2.22. The van der Waals surface area contributed by atoms with Gasteiger partial charge in [0, 0.05) is 17.0 Å². The second-order valence-electron chi connectivity index (χ2n) is 6.52. The molecule has 0 bridgehead atoms. The van der Waals surface area contributed by atoms with Gasteiger partial charge in [-0.25, -0.2) is 0 Å². The monoisotopic (exact) mass is 313 g/mol. The van der Waals surface area contributed by atoms with Crippen LogP contribution in [0.5, 0.6) is 5.75 Å². The van der Waals surface area contributed by atoms with Crippen molar-refractivity contribution >= 4 is 17.5 Å². The van der Waals surface area contributed by atoms with Gasteiger partial charge < -0.3 is 15.0 Å². The fourth-order valence-corrected chi connectivity index (χ4v) is 2.38. The molecule has 1 aromatic rings. The number of rotatable bonds is 7. The van der Waals surface area contributed by atoms with Crippen LogP contribution in [-0.4, -0.2) is 39.7 Å². The van der Waals surface area contributed by atoms with Crippen LogP contribution in [0.4, 0.5) is 0 Å². The Labute approximate surface area is 132 Å². The number of hydrogen-bond acceptors (Lipinski definition) is 2. The van der Waals surface area contributed by atoms with Crippen molar-refractivity contribution in [3.05, 3.63) is 28.8 Å². The summed E-state index contributed by atoms with van der Waals surface area (Å²) in [7, 11) is 4.21. The standard InChI is InChI=1S/C16H25ClN2O2/c1-12-8-13(6-7-14(12)17)21-9-15(20)18-10-16(2,3)11-19(4)5/h6-8H,9-11H2,1-5H3,(H,18,20)/p+1. The Hall–Kier alpha value is -1.26. The molecular formula is C16H26ClN2O2+. The summed E-state index contributed by atoms with van der Waals surface area (Å²) in [5, 5.41) is 3.62. The first kappa shape index (κ1) is 17.8. The summed E-state index contributed by atoms with van der Waals surface area (Å²) in [5.41, 5.74) is 0.996. The molecule has 0 unspecified atom stereocenters. The summed E-state index contributed by atoms with van der Waals surface area (Å²) in [6.45, 7) is 7.84. The fraction of sp³-hybridized carbons (Fsp3) is 0.562. The molecule has 21 heavy (non-hydrogen) atoms. The maximum absolute atomic E-state index is 11.8. The molecule has 0 saturated carbocycles. The zero-order valence-corrected chi connectivity index (χ0v) is 14.3. The van der Waals surface area contributed by atoms with Gasteiger partial charge in [0.05, 0.1) is 20.6 Å². The quantitative estimate of drug-likeness (QED) is 0.797. The summed E-state index contributed by atoms with van der Waals surface area (Å²) >= 11 is 5.95. The molecule has 2 N–H and O–H groups in total. The van der Waals surface area contributed by atoms with Gasteiger partial charge in [0.15, 0.2) is 6.61 Å². The molecule has 118 valence electrons. The topological polar surface area (TPSA) is 42.8 Å². The minimum atomic E-state index is -0.107. The lowest BCUT2D eigenvalue weighted by Gasteiger charge is -2.26. The molecule has 4 nitrogen and oxygen atoms in total. The minimum Gasteiger partial charge on any atom is -0.484 e. The fourth-order valence-electron chi connectivity index (χ4n) is 2.26. The van der Waals surface area contributed by atoms with Crippen molar-refractivity contribution in [3.8, 4) is 5.75 Å². The molecule has 0 fully saturated rings. The van der Waals surface area contributed by atoms with Crippen LogP contribution in [0.25, 0.3) is 0 Å². The Morgan fingerprint density at radius 1 is 1.38 bits per heavy atom. The number of benzene rings is 1. The summed E-state index contributed by atoms with van der Waals surface area (Å²) in [4.78, 5) is 13.2. The first-order valence-electron chi connectivity index (χ1n) is 7.14. The van der Waals surface area contributed by atoms with E-state index in [1.54, 1.807) is 12.1 Å². The van der Waals surface area contributed by atoms with E-state index in [0.717, 1.165) is 12.1 Å². The number of hydrogen-bond donors (Lipinski definition) is 2.